The van der Waals surface area contributed by atoms with Gasteiger partial charge in [0, 0.05) is 46.2 Å². The van der Waals surface area contributed by atoms with Gasteiger partial charge < -0.3 is 0 Å². The van der Waals surface area contributed by atoms with Crippen molar-refractivity contribution in [3.05, 3.63) is 78.8 Å². The molecule has 0 fully saturated rings. The van der Waals surface area contributed by atoms with E-state index < -0.39 is 0 Å². The molecule has 0 amide bonds. The van der Waals surface area contributed by atoms with E-state index in [4.69, 9.17) is 0 Å². The maximum absolute atomic E-state index is 4.23. The second kappa shape index (κ2) is 8.66. The maximum atomic E-state index is 4.23. The minimum Gasteiger partial charge on any atom is -0.240 e. The third-order valence-electron chi connectivity index (χ3n) is 4.24. The second-order valence-corrected chi connectivity index (χ2v) is 5.79. The summed E-state index contributed by atoms with van der Waals surface area (Å²) >= 11 is 0. The molecule has 4 rings (SSSR count). The van der Waals surface area contributed by atoms with Crippen LogP contribution in [0, 0.1) is 19.1 Å². The zero-order chi connectivity index (χ0) is 16.5. The fourth-order valence-corrected chi connectivity index (χ4v) is 2.95. The average molecular weight is 410 g/mol. The Morgan fingerprint density at radius 2 is 1.81 bits per heavy atom. The van der Waals surface area contributed by atoms with E-state index in [2.05, 4.69) is 71.6 Å². The van der Waals surface area contributed by atoms with Gasteiger partial charge in [0.25, 0.3) is 0 Å². The minimum absolute atomic E-state index is 0. The Kier molecular flexibility index (Phi) is 6.80. The van der Waals surface area contributed by atoms with Gasteiger partial charge in [0.15, 0.2) is 19.1 Å². The Morgan fingerprint density at radius 3 is 2.62 bits per heavy atom. The quantitative estimate of drug-likeness (QED) is 0.289. The molecule has 0 aliphatic heterocycles. The molecule has 0 unspecified atom stereocenters. The van der Waals surface area contributed by atoms with Crippen molar-refractivity contribution in [3.8, 4) is 22.4 Å². The molecule has 5 heteroatoms. The first kappa shape index (κ1) is 20.4. The molecule has 4 radical (unpaired) electrons. The smallest absolute Gasteiger partial charge is 0.193 e. The van der Waals surface area contributed by atoms with E-state index in [0.29, 0.717) is 0 Å². The Balaban J connectivity index is 0.00000121. The van der Waals surface area contributed by atoms with E-state index >= 15 is 0 Å². The summed E-state index contributed by atoms with van der Waals surface area (Å²) in [4.78, 5) is 4.16. The topological polar surface area (TPSA) is 29.7 Å². The van der Waals surface area contributed by atoms with Gasteiger partial charge in [-0.25, -0.2) is 10.5 Å². The largest absolute Gasteiger partial charge is 0.240 e. The predicted molar refractivity (Wildman–Crippen MR) is 99.7 cm³/mol. The Morgan fingerprint density at radius 1 is 1.00 bits per heavy atom. The first-order valence-electron chi connectivity index (χ1n) is 7.83. The number of nitrogens with zero attached hydrogens (tertiary/aromatic N) is 3. The molecule has 122 valence electrons. The van der Waals surface area contributed by atoms with E-state index in [-0.39, 0.29) is 41.1 Å². The molecule has 0 N–H and O–H groups in total. The first-order chi connectivity index (χ1) is 11.7. The Bertz CT molecular complexity index is 1040. The fraction of sp³-hybridized carbons (Fsp3) is 0.0952. The van der Waals surface area contributed by atoms with Crippen LogP contribution < -0.4 is 4.68 Å². The summed E-state index contributed by atoms with van der Waals surface area (Å²) in [7, 11) is 1.92. The number of benzene rings is 3. The van der Waals surface area contributed by atoms with Crippen LogP contribution in [0.3, 0.4) is 0 Å². The molecule has 1 aromatic heterocycles. The zero-order valence-electron chi connectivity index (χ0n) is 14.8. The Hall–Kier alpha value is -1.90. The molecular formula is C21H16BN3Y-. The normalized spacial score (nSPS) is 10.1. The Labute approximate surface area is 181 Å². The molecule has 4 aromatic rings. The van der Waals surface area contributed by atoms with Crippen LogP contribution >= 0.6 is 0 Å². The van der Waals surface area contributed by atoms with Gasteiger partial charge in [-0.2, -0.15) is 29.8 Å². The van der Waals surface area contributed by atoms with Crippen LogP contribution in [0.15, 0.2) is 61.1 Å². The van der Waals surface area contributed by atoms with Crippen LogP contribution in [0.2, 0.25) is 0 Å². The van der Waals surface area contributed by atoms with Crippen molar-refractivity contribution in [2.45, 2.75) is 6.92 Å². The molecule has 0 atom stereocenters. The standard InChI is InChI=1S/C21H16N3.B.Y/c1-15-10-11-17(12-20(15)21-13-22-14-23-24(21)2)19-9-5-7-16-6-3-4-8-18(16)19;;/h3-8,10-11,13-14H,1-2H3;;/q-1;;. The number of hydrogen-bond donors (Lipinski definition) is 0. The second-order valence-electron chi connectivity index (χ2n) is 5.79. The predicted octanol–water partition coefficient (Wildman–Crippen LogP) is 3.31. The minimum atomic E-state index is 0. The summed E-state index contributed by atoms with van der Waals surface area (Å²) in [5.74, 6) is 0. The van der Waals surface area contributed by atoms with Gasteiger partial charge in [-0.15, -0.1) is 39.2 Å². The van der Waals surface area contributed by atoms with Gasteiger partial charge in [0.05, 0.1) is 6.20 Å². The van der Waals surface area contributed by atoms with Crippen LogP contribution in [0.5, 0.6) is 0 Å². The number of aromatic nitrogens is 3. The monoisotopic (exact) mass is 410 g/mol. The number of fused-ring (bicyclic) bond motifs is 1. The average Bonchev–Trinajstić information content (AvgIpc) is 2.62. The van der Waals surface area contributed by atoms with Crippen molar-refractivity contribution < 1.29 is 37.4 Å². The summed E-state index contributed by atoms with van der Waals surface area (Å²) in [5.41, 5.74) is 5.18. The van der Waals surface area contributed by atoms with Crippen LogP contribution in [-0.4, -0.2) is 18.5 Å². The number of aryl methyl sites for hydroxylation is 2. The third-order valence-corrected chi connectivity index (χ3v) is 4.24. The van der Waals surface area contributed by atoms with Crippen molar-refractivity contribution in [3.63, 3.8) is 0 Å². The SMILES string of the molecule is Cc1ccc(-c2[c-]ccc3ccccc23)[c-]c1-c1cncn[n+]1C.[B].[Y]. The van der Waals surface area contributed by atoms with E-state index in [1.807, 2.05) is 24.0 Å². The van der Waals surface area contributed by atoms with Crippen molar-refractivity contribution in [1.82, 2.24) is 10.1 Å². The first-order valence-corrected chi connectivity index (χ1v) is 7.83. The molecular weight excluding hydrogens is 394 g/mol. The van der Waals surface area contributed by atoms with Crippen LogP contribution in [0.4, 0.5) is 0 Å². The summed E-state index contributed by atoms with van der Waals surface area (Å²) < 4.78 is 1.82. The molecule has 0 saturated carbocycles. The fourth-order valence-electron chi connectivity index (χ4n) is 2.95. The number of hydrogen-bond acceptors (Lipinski definition) is 2. The summed E-state index contributed by atoms with van der Waals surface area (Å²) in [6.07, 6.45) is 3.36. The van der Waals surface area contributed by atoms with E-state index in [1.54, 1.807) is 6.33 Å². The van der Waals surface area contributed by atoms with E-state index in [0.717, 1.165) is 27.9 Å². The molecule has 26 heavy (non-hydrogen) atoms. The van der Waals surface area contributed by atoms with Gasteiger partial charge in [-0.05, 0) is 0 Å². The molecule has 0 spiro atoms. The number of rotatable bonds is 2. The van der Waals surface area contributed by atoms with Gasteiger partial charge in [0.1, 0.15) is 0 Å². The van der Waals surface area contributed by atoms with E-state index in [9.17, 15) is 0 Å². The molecule has 3 nitrogen and oxygen atoms in total. The van der Waals surface area contributed by atoms with Crippen LogP contribution in [-0.2, 0) is 39.8 Å². The van der Waals surface area contributed by atoms with Crippen LogP contribution in [0.1, 0.15) is 5.56 Å². The third kappa shape index (κ3) is 3.77. The molecule has 0 aliphatic carbocycles. The molecule has 0 bridgehead atoms. The van der Waals surface area contributed by atoms with Crippen molar-refractivity contribution in [2.24, 2.45) is 7.05 Å². The summed E-state index contributed by atoms with van der Waals surface area (Å²) in [5, 5.41) is 6.61. The van der Waals surface area contributed by atoms with Crippen molar-refractivity contribution in [1.29, 1.82) is 0 Å². The summed E-state index contributed by atoms with van der Waals surface area (Å²) in [6.45, 7) is 2.08. The van der Waals surface area contributed by atoms with Gasteiger partial charge in [0.2, 0.25) is 0 Å². The molecule has 0 aliphatic rings. The van der Waals surface area contributed by atoms with Crippen LogP contribution in [0.25, 0.3) is 33.2 Å². The van der Waals surface area contributed by atoms with E-state index in [1.165, 1.54) is 10.8 Å². The summed E-state index contributed by atoms with van der Waals surface area (Å²) in [6, 6.07) is 23.5. The van der Waals surface area contributed by atoms with Gasteiger partial charge in [-0.1, -0.05) is 30.7 Å². The molecule has 3 aromatic carbocycles. The molecule has 0 saturated heterocycles. The van der Waals surface area contributed by atoms with Crippen molar-refractivity contribution >= 4 is 19.2 Å². The maximum Gasteiger partial charge on any atom is 0.193 e. The van der Waals surface area contributed by atoms with Gasteiger partial charge in [-0.3, -0.25) is 0 Å². The zero-order valence-corrected chi connectivity index (χ0v) is 17.6. The molecule has 1 heterocycles. The van der Waals surface area contributed by atoms with Crippen molar-refractivity contribution in [2.75, 3.05) is 0 Å². The van der Waals surface area contributed by atoms with Gasteiger partial charge >= 0.3 is 0 Å².